The molecule has 0 radical (unpaired) electrons. The number of aryl methyl sites for hydroxylation is 1. The van der Waals surface area contributed by atoms with Gasteiger partial charge in [-0.05, 0) is 54.9 Å². The van der Waals surface area contributed by atoms with E-state index in [-0.39, 0.29) is 10.8 Å². The van der Waals surface area contributed by atoms with Gasteiger partial charge in [-0.15, -0.1) is 0 Å². The highest BCUT2D eigenvalue weighted by atomic mass is 32.2. The topological polar surface area (TPSA) is 69.4 Å². The first-order valence-electron chi connectivity index (χ1n) is 6.59. The van der Waals surface area contributed by atoms with Gasteiger partial charge in [0, 0.05) is 0 Å². The molecule has 0 atom stereocenters. The van der Waals surface area contributed by atoms with Gasteiger partial charge in [-0.2, -0.15) is 0 Å². The van der Waals surface area contributed by atoms with Crippen molar-refractivity contribution < 1.29 is 13.2 Å². The molecular weight excluding hydrogens is 262 g/mol. The summed E-state index contributed by atoms with van der Waals surface area (Å²) in [4.78, 5) is 0.190. The van der Waals surface area contributed by atoms with Crippen molar-refractivity contribution in [3.05, 3.63) is 23.3 Å². The van der Waals surface area contributed by atoms with Crippen molar-refractivity contribution in [2.24, 2.45) is 11.1 Å². The minimum Gasteiger partial charge on any atom is -0.493 e. The van der Waals surface area contributed by atoms with E-state index in [4.69, 9.17) is 9.88 Å². The summed E-state index contributed by atoms with van der Waals surface area (Å²) < 4.78 is 28.9. The smallest absolute Gasteiger partial charge is 0.238 e. The standard InChI is InChI=1S/C14H21NO3S/c1-9(2)12-7-14(19(15,16)17)10(3)6-13(12)18-8-11-4-5-11/h6-7,9,11H,4-5,8H2,1-3H3,(H2,15,16,17). The molecule has 0 unspecified atom stereocenters. The summed E-state index contributed by atoms with van der Waals surface area (Å²) in [6, 6.07) is 3.44. The first-order chi connectivity index (χ1) is 8.79. The number of sulfonamides is 1. The molecule has 2 N–H and O–H groups in total. The highest BCUT2D eigenvalue weighted by Crippen LogP contribution is 2.34. The number of ether oxygens (including phenoxy) is 1. The minimum atomic E-state index is -3.68. The molecule has 1 saturated carbocycles. The van der Waals surface area contributed by atoms with Crippen LogP contribution >= 0.6 is 0 Å². The number of nitrogens with two attached hydrogens (primary N) is 1. The fourth-order valence-electron chi connectivity index (χ4n) is 2.05. The third kappa shape index (κ3) is 3.48. The van der Waals surface area contributed by atoms with Crippen LogP contribution in [0.3, 0.4) is 0 Å². The van der Waals surface area contributed by atoms with Crippen molar-refractivity contribution in [2.45, 2.75) is 44.4 Å². The lowest BCUT2D eigenvalue weighted by atomic mass is 10.0. The Hall–Kier alpha value is -1.07. The summed E-state index contributed by atoms with van der Waals surface area (Å²) in [5.41, 5.74) is 1.54. The maximum absolute atomic E-state index is 11.6. The second-order valence-corrected chi connectivity index (χ2v) is 7.14. The zero-order valence-corrected chi connectivity index (χ0v) is 12.5. The van der Waals surface area contributed by atoms with Crippen LogP contribution in [-0.2, 0) is 10.0 Å². The van der Waals surface area contributed by atoms with Gasteiger partial charge in [-0.1, -0.05) is 13.8 Å². The van der Waals surface area contributed by atoms with Crippen LogP contribution in [0.5, 0.6) is 5.75 Å². The lowest BCUT2D eigenvalue weighted by Gasteiger charge is -2.17. The molecule has 0 aromatic heterocycles. The Kier molecular flexibility index (Phi) is 3.87. The van der Waals surface area contributed by atoms with Gasteiger partial charge >= 0.3 is 0 Å². The van der Waals surface area contributed by atoms with E-state index >= 15 is 0 Å². The van der Waals surface area contributed by atoms with Crippen molar-refractivity contribution in [1.82, 2.24) is 0 Å². The SMILES string of the molecule is Cc1cc(OCC2CC2)c(C(C)C)cc1S(N)(=O)=O. The molecule has 0 bridgehead atoms. The molecule has 0 heterocycles. The quantitative estimate of drug-likeness (QED) is 0.903. The van der Waals surface area contributed by atoms with E-state index in [0.29, 0.717) is 18.1 Å². The number of rotatable bonds is 5. The van der Waals surface area contributed by atoms with E-state index in [1.54, 1.807) is 19.1 Å². The van der Waals surface area contributed by atoms with Gasteiger partial charge in [-0.3, -0.25) is 0 Å². The van der Waals surface area contributed by atoms with Crippen LogP contribution in [0, 0.1) is 12.8 Å². The van der Waals surface area contributed by atoms with Crippen LogP contribution in [0.4, 0.5) is 0 Å². The molecule has 2 rings (SSSR count). The highest BCUT2D eigenvalue weighted by Gasteiger charge is 2.23. The van der Waals surface area contributed by atoms with Crippen molar-refractivity contribution in [1.29, 1.82) is 0 Å². The Bertz CT molecular complexity index is 575. The summed E-state index contributed by atoms with van der Waals surface area (Å²) in [5, 5.41) is 5.24. The van der Waals surface area contributed by atoms with E-state index in [1.165, 1.54) is 12.8 Å². The van der Waals surface area contributed by atoms with E-state index in [0.717, 1.165) is 11.3 Å². The second kappa shape index (κ2) is 5.13. The third-order valence-corrected chi connectivity index (χ3v) is 4.46. The molecule has 1 aromatic rings. The summed E-state index contributed by atoms with van der Waals surface area (Å²) in [7, 11) is -3.68. The molecule has 1 fully saturated rings. The summed E-state index contributed by atoms with van der Waals surface area (Å²) >= 11 is 0. The molecule has 1 aliphatic rings. The van der Waals surface area contributed by atoms with Gasteiger partial charge in [0.25, 0.3) is 0 Å². The van der Waals surface area contributed by atoms with Gasteiger partial charge in [0.05, 0.1) is 11.5 Å². The van der Waals surface area contributed by atoms with Gasteiger partial charge in [0.15, 0.2) is 0 Å². The predicted molar refractivity (Wildman–Crippen MR) is 74.9 cm³/mol. The molecular formula is C14H21NO3S. The molecule has 106 valence electrons. The molecule has 4 nitrogen and oxygen atoms in total. The largest absolute Gasteiger partial charge is 0.493 e. The normalized spacial score (nSPS) is 15.8. The molecule has 0 saturated heterocycles. The highest BCUT2D eigenvalue weighted by molar-refractivity contribution is 7.89. The fraction of sp³-hybridized carbons (Fsp3) is 0.571. The number of benzene rings is 1. The van der Waals surface area contributed by atoms with E-state index in [9.17, 15) is 8.42 Å². The number of hydrogen-bond acceptors (Lipinski definition) is 3. The van der Waals surface area contributed by atoms with Gasteiger partial charge < -0.3 is 4.74 Å². The molecule has 0 amide bonds. The van der Waals surface area contributed by atoms with Crippen molar-refractivity contribution in [2.75, 3.05) is 6.61 Å². The van der Waals surface area contributed by atoms with Crippen LogP contribution in [-0.4, -0.2) is 15.0 Å². The Morgan fingerprint density at radius 1 is 1.37 bits per heavy atom. The molecule has 19 heavy (non-hydrogen) atoms. The lowest BCUT2D eigenvalue weighted by Crippen LogP contribution is -2.15. The van der Waals surface area contributed by atoms with E-state index < -0.39 is 10.0 Å². The fourth-order valence-corrected chi connectivity index (χ4v) is 2.85. The lowest BCUT2D eigenvalue weighted by molar-refractivity contribution is 0.295. The van der Waals surface area contributed by atoms with Crippen molar-refractivity contribution in [3.8, 4) is 5.75 Å². The average Bonchev–Trinajstić information content (AvgIpc) is 3.07. The Morgan fingerprint density at radius 3 is 2.47 bits per heavy atom. The zero-order chi connectivity index (χ0) is 14.2. The first kappa shape index (κ1) is 14.3. The van der Waals surface area contributed by atoms with E-state index in [2.05, 4.69) is 0 Å². The average molecular weight is 283 g/mol. The van der Waals surface area contributed by atoms with E-state index in [1.807, 2.05) is 13.8 Å². The van der Waals surface area contributed by atoms with Crippen LogP contribution in [0.25, 0.3) is 0 Å². The molecule has 1 aromatic carbocycles. The second-order valence-electron chi connectivity index (χ2n) is 5.61. The molecule has 0 aliphatic heterocycles. The first-order valence-corrected chi connectivity index (χ1v) is 8.14. The number of hydrogen-bond donors (Lipinski definition) is 1. The van der Waals surface area contributed by atoms with Gasteiger partial charge in [0.2, 0.25) is 10.0 Å². The molecule has 1 aliphatic carbocycles. The molecule has 0 spiro atoms. The maximum Gasteiger partial charge on any atom is 0.238 e. The van der Waals surface area contributed by atoms with Crippen molar-refractivity contribution in [3.63, 3.8) is 0 Å². The Morgan fingerprint density at radius 2 is 2.00 bits per heavy atom. The summed E-state index contributed by atoms with van der Waals surface area (Å²) in [6.07, 6.45) is 2.45. The Balaban J connectivity index is 2.39. The zero-order valence-electron chi connectivity index (χ0n) is 11.6. The van der Waals surface area contributed by atoms with Gasteiger partial charge in [0.1, 0.15) is 5.75 Å². The van der Waals surface area contributed by atoms with Crippen LogP contribution < -0.4 is 9.88 Å². The monoisotopic (exact) mass is 283 g/mol. The minimum absolute atomic E-state index is 0.190. The van der Waals surface area contributed by atoms with Crippen LogP contribution in [0.1, 0.15) is 43.7 Å². The maximum atomic E-state index is 11.6. The van der Waals surface area contributed by atoms with Crippen molar-refractivity contribution >= 4 is 10.0 Å². The Labute approximate surface area is 115 Å². The summed E-state index contributed by atoms with van der Waals surface area (Å²) in [5.74, 6) is 1.64. The third-order valence-electron chi connectivity index (χ3n) is 3.41. The molecule has 5 heteroatoms. The predicted octanol–water partition coefficient (Wildman–Crippen LogP) is 2.55. The number of primary sulfonamides is 1. The van der Waals surface area contributed by atoms with Crippen LogP contribution in [0.2, 0.25) is 0 Å². The van der Waals surface area contributed by atoms with Gasteiger partial charge in [-0.25, -0.2) is 13.6 Å². The van der Waals surface area contributed by atoms with Crippen LogP contribution in [0.15, 0.2) is 17.0 Å². The summed E-state index contributed by atoms with van der Waals surface area (Å²) in [6.45, 7) is 6.49.